The van der Waals surface area contributed by atoms with Gasteiger partial charge < -0.3 is 0 Å². The molecule has 1 heterocycles. The van der Waals surface area contributed by atoms with Gasteiger partial charge in [-0.3, -0.25) is 5.43 Å². The van der Waals surface area contributed by atoms with Crippen molar-refractivity contribution in [3.63, 3.8) is 0 Å². The lowest BCUT2D eigenvalue weighted by Gasteiger charge is -2.14. The fraction of sp³-hybridized carbons (Fsp3) is 0.333. The van der Waals surface area contributed by atoms with Gasteiger partial charge in [0, 0.05) is 10.8 Å². The average molecular weight is 423 g/mol. The summed E-state index contributed by atoms with van der Waals surface area (Å²) < 4.78 is 0. The summed E-state index contributed by atoms with van der Waals surface area (Å²) in [6.07, 6.45) is 0. The van der Waals surface area contributed by atoms with Crippen molar-refractivity contribution in [3.8, 4) is 0 Å². The van der Waals surface area contributed by atoms with Crippen LogP contribution in [-0.4, -0.2) is 10.7 Å². The monoisotopic (exact) mass is 421 g/mol. The molecule has 120 valence electrons. The highest BCUT2D eigenvalue weighted by molar-refractivity contribution is 8.93. The van der Waals surface area contributed by atoms with Crippen LogP contribution in [0.5, 0.6) is 0 Å². The second-order valence-electron chi connectivity index (χ2n) is 5.73. The fourth-order valence-corrected chi connectivity index (χ4v) is 2.76. The number of hydrogen-bond acceptors (Lipinski definition) is 4. The van der Waals surface area contributed by atoms with Crippen LogP contribution >= 0.6 is 51.5 Å². The van der Waals surface area contributed by atoms with Crippen molar-refractivity contribution in [1.29, 1.82) is 0 Å². The largest absolute Gasteiger partial charge is 0.252 e. The van der Waals surface area contributed by atoms with Gasteiger partial charge >= 0.3 is 0 Å². The van der Waals surface area contributed by atoms with E-state index in [1.165, 1.54) is 0 Å². The van der Waals surface area contributed by atoms with Crippen molar-refractivity contribution < 1.29 is 0 Å². The van der Waals surface area contributed by atoms with Crippen LogP contribution in [0.15, 0.2) is 28.7 Å². The van der Waals surface area contributed by atoms with E-state index in [4.69, 9.17) is 23.2 Å². The molecule has 7 heteroatoms. The molecule has 0 aliphatic heterocycles. The molecule has 0 unspecified atom stereocenters. The molecule has 2 rings (SSSR count). The van der Waals surface area contributed by atoms with E-state index in [1.807, 2.05) is 18.4 Å². The van der Waals surface area contributed by atoms with Crippen LogP contribution in [-0.2, 0) is 5.41 Å². The molecular weight excluding hydrogens is 405 g/mol. The van der Waals surface area contributed by atoms with Crippen LogP contribution in [0.1, 0.15) is 39.0 Å². The SMILES string of the molecule is Br.C/C(=N\Nc1nc(C(C)(C)C)cs1)c1ccc(Cl)c(Cl)c1. The summed E-state index contributed by atoms with van der Waals surface area (Å²) in [5.41, 5.74) is 5.82. The molecule has 0 fully saturated rings. The smallest absolute Gasteiger partial charge is 0.203 e. The average Bonchev–Trinajstić information content (AvgIpc) is 2.88. The molecule has 0 atom stereocenters. The normalized spacial score (nSPS) is 12.0. The number of thiazole rings is 1. The number of anilines is 1. The number of hydrazone groups is 1. The van der Waals surface area contributed by atoms with Crippen molar-refractivity contribution in [1.82, 2.24) is 4.98 Å². The Morgan fingerprint density at radius 2 is 1.91 bits per heavy atom. The minimum absolute atomic E-state index is 0. The summed E-state index contributed by atoms with van der Waals surface area (Å²) in [5.74, 6) is 0. The van der Waals surface area contributed by atoms with Gasteiger partial charge in [-0.15, -0.1) is 28.3 Å². The van der Waals surface area contributed by atoms with E-state index in [0.29, 0.717) is 10.0 Å². The summed E-state index contributed by atoms with van der Waals surface area (Å²) in [4.78, 5) is 4.53. The Kier molecular flexibility index (Phi) is 6.86. The van der Waals surface area contributed by atoms with Crippen LogP contribution in [0, 0.1) is 0 Å². The molecular formula is C15H18BrCl2N3S. The van der Waals surface area contributed by atoms with Crippen LogP contribution in [0.4, 0.5) is 5.13 Å². The fourth-order valence-electron chi connectivity index (χ4n) is 1.59. The van der Waals surface area contributed by atoms with Gasteiger partial charge in [0.15, 0.2) is 0 Å². The molecule has 0 saturated heterocycles. The maximum Gasteiger partial charge on any atom is 0.203 e. The predicted molar refractivity (Wildman–Crippen MR) is 103 cm³/mol. The van der Waals surface area contributed by atoms with E-state index in [-0.39, 0.29) is 22.4 Å². The second-order valence-corrected chi connectivity index (χ2v) is 7.40. The van der Waals surface area contributed by atoms with Crippen molar-refractivity contribution in [3.05, 3.63) is 44.9 Å². The van der Waals surface area contributed by atoms with Crippen LogP contribution in [0.2, 0.25) is 10.0 Å². The number of benzene rings is 1. The number of hydrogen-bond donors (Lipinski definition) is 1. The lowest BCUT2D eigenvalue weighted by Crippen LogP contribution is -2.11. The first-order valence-corrected chi connectivity index (χ1v) is 8.12. The van der Waals surface area contributed by atoms with Crippen molar-refractivity contribution in [2.24, 2.45) is 5.10 Å². The number of nitrogens with one attached hydrogen (secondary N) is 1. The van der Waals surface area contributed by atoms with E-state index in [0.717, 1.165) is 22.1 Å². The van der Waals surface area contributed by atoms with Crippen LogP contribution in [0.25, 0.3) is 0 Å². The Morgan fingerprint density at radius 1 is 1.23 bits per heavy atom. The lowest BCUT2D eigenvalue weighted by molar-refractivity contribution is 0.573. The van der Waals surface area contributed by atoms with Gasteiger partial charge in [-0.2, -0.15) is 5.10 Å². The third-order valence-corrected chi connectivity index (χ3v) is 4.42. The molecule has 0 aliphatic carbocycles. The summed E-state index contributed by atoms with van der Waals surface area (Å²) in [6.45, 7) is 8.31. The Bertz CT molecular complexity index is 678. The molecule has 2 aromatic rings. The predicted octanol–water partition coefficient (Wildman–Crippen LogP) is 6.16. The van der Waals surface area contributed by atoms with Crippen molar-refractivity contribution in [2.75, 3.05) is 5.43 Å². The minimum atomic E-state index is 0. The van der Waals surface area contributed by atoms with E-state index in [2.05, 4.69) is 36.3 Å². The molecule has 1 aromatic heterocycles. The summed E-state index contributed by atoms with van der Waals surface area (Å²) in [7, 11) is 0. The first-order chi connectivity index (χ1) is 9.77. The van der Waals surface area contributed by atoms with Crippen molar-refractivity contribution in [2.45, 2.75) is 33.1 Å². The first kappa shape index (κ1) is 19.4. The first-order valence-electron chi connectivity index (χ1n) is 6.49. The Labute approximate surface area is 155 Å². The van der Waals surface area contributed by atoms with E-state index < -0.39 is 0 Å². The quantitative estimate of drug-likeness (QED) is 0.474. The lowest BCUT2D eigenvalue weighted by atomic mass is 9.93. The molecule has 0 aliphatic rings. The van der Waals surface area contributed by atoms with Gasteiger partial charge in [0.25, 0.3) is 0 Å². The van der Waals surface area contributed by atoms with Gasteiger partial charge in [-0.05, 0) is 24.6 Å². The molecule has 0 spiro atoms. The summed E-state index contributed by atoms with van der Waals surface area (Å²) >= 11 is 13.5. The number of halogens is 3. The van der Waals surface area contributed by atoms with E-state index in [9.17, 15) is 0 Å². The van der Waals surface area contributed by atoms with E-state index >= 15 is 0 Å². The number of nitrogens with zero attached hydrogens (tertiary/aromatic N) is 2. The minimum Gasteiger partial charge on any atom is -0.252 e. The zero-order valence-corrected chi connectivity index (χ0v) is 16.8. The van der Waals surface area contributed by atoms with Gasteiger partial charge in [0.2, 0.25) is 5.13 Å². The van der Waals surface area contributed by atoms with Gasteiger partial charge in [-0.1, -0.05) is 50.0 Å². The molecule has 22 heavy (non-hydrogen) atoms. The highest BCUT2D eigenvalue weighted by atomic mass is 79.9. The van der Waals surface area contributed by atoms with Gasteiger partial charge in [0.1, 0.15) is 0 Å². The van der Waals surface area contributed by atoms with E-state index in [1.54, 1.807) is 23.5 Å². The maximum absolute atomic E-state index is 6.01. The summed E-state index contributed by atoms with van der Waals surface area (Å²) in [5, 5.41) is 8.23. The third kappa shape index (κ3) is 4.95. The molecule has 0 bridgehead atoms. The molecule has 1 N–H and O–H groups in total. The second kappa shape index (κ2) is 7.77. The number of aromatic nitrogens is 1. The zero-order valence-electron chi connectivity index (χ0n) is 12.8. The van der Waals surface area contributed by atoms with Gasteiger partial charge in [0.05, 0.1) is 21.5 Å². The molecule has 3 nitrogen and oxygen atoms in total. The zero-order chi connectivity index (χ0) is 15.6. The van der Waals surface area contributed by atoms with Crippen LogP contribution < -0.4 is 5.43 Å². The molecule has 1 aromatic carbocycles. The van der Waals surface area contributed by atoms with Crippen LogP contribution in [0.3, 0.4) is 0 Å². The number of rotatable bonds is 3. The highest BCUT2D eigenvalue weighted by Crippen LogP contribution is 2.26. The highest BCUT2D eigenvalue weighted by Gasteiger charge is 2.17. The molecule has 0 radical (unpaired) electrons. The Hall–Kier alpha value is -0.620. The Morgan fingerprint density at radius 3 is 2.45 bits per heavy atom. The molecule has 0 saturated carbocycles. The van der Waals surface area contributed by atoms with Crippen molar-refractivity contribution >= 4 is 62.4 Å². The maximum atomic E-state index is 6.01. The standard InChI is InChI=1S/C15H17Cl2N3S.BrH/c1-9(10-5-6-11(16)12(17)7-10)19-20-14-18-13(8-21-14)15(2,3)4;/h5-8H,1-4H3,(H,18,20);1H/b19-9+;. The topological polar surface area (TPSA) is 37.3 Å². The third-order valence-electron chi connectivity index (χ3n) is 2.93. The Balaban J connectivity index is 0.00000242. The molecule has 0 amide bonds. The van der Waals surface area contributed by atoms with Gasteiger partial charge in [-0.25, -0.2) is 4.98 Å². The summed E-state index contributed by atoms with van der Waals surface area (Å²) in [6, 6.07) is 5.45.